The third-order valence-corrected chi connectivity index (χ3v) is 4.23. The van der Waals surface area contributed by atoms with Crippen molar-refractivity contribution in [2.24, 2.45) is 5.73 Å². The number of benzene rings is 1. The van der Waals surface area contributed by atoms with Gasteiger partial charge in [0.15, 0.2) is 0 Å². The van der Waals surface area contributed by atoms with Crippen LogP contribution in [0.3, 0.4) is 0 Å². The molecule has 104 valence electrons. The van der Waals surface area contributed by atoms with Crippen LogP contribution in [0.4, 0.5) is 0 Å². The van der Waals surface area contributed by atoms with E-state index in [4.69, 9.17) is 18.0 Å². The third-order valence-electron chi connectivity index (χ3n) is 4.01. The standard InChI is InChI=1S/C15H23N3S/c1-17-9-7-13(8-10-17)18(2)11-12-5-3-4-6-14(12)15(16)19/h3-6,13H,7-11H2,1-2H3,(H2,16,19). The van der Waals surface area contributed by atoms with Gasteiger partial charge in [0.1, 0.15) is 4.99 Å². The molecule has 0 saturated carbocycles. The van der Waals surface area contributed by atoms with Crippen molar-refractivity contribution in [1.82, 2.24) is 9.80 Å². The minimum Gasteiger partial charge on any atom is -0.389 e. The first kappa shape index (κ1) is 14.4. The van der Waals surface area contributed by atoms with Gasteiger partial charge in [-0.2, -0.15) is 0 Å². The molecule has 1 saturated heterocycles. The van der Waals surface area contributed by atoms with Crippen LogP contribution in [-0.2, 0) is 6.54 Å². The average molecular weight is 277 g/mol. The van der Waals surface area contributed by atoms with Crippen molar-refractivity contribution in [2.45, 2.75) is 25.4 Å². The van der Waals surface area contributed by atoms with Crippen molar-refractivity contribution >= 4 is 17.2 Å². The number of hydrogen-bond acceptors (Lipinski definition) is 3. The predicted molar refractivity (Wildman–Crippen MR) is 84.3 cm³/mol. The molecular weight excluding hydrogens is 254 g/mol. The lowest BCUT2D eigenvalue weighted by atomic mass is 10.0. The molecule has 0 unspecified atom stereocenters. The van der Waals surface area contributed by atoms with Gasteiger partial charge in [-0.1, -0.05) is 36.5 Å². The Kier molecular flexibility index (Phi) is 4.91. The van der Waals surface area contributed by atoms with E-state index >= 15 is 0 Å². The zero-order valence-corrected chi connectivity index (χ0v) is 12.6. The maximum absolute atomic E-state index is 5.79. The summed E-state index contributed by atoms with van der Waals surface area (Å²) < 4.78 is 0. The predicted octanol–water partition coefficient (Wildman–Crippen LogP) is 1.85. The third kappa shape index (κ3) is 3.75. The topological polar surface area (TPSA) is 32.5 Å². The number of likely N-dealkylation sites (tertiary alicyclic amines) is 1. The molecule has 0 aliphatic carbocycles. The zero-order chi connectivity index (χ0) is 13.8. The molecule has 1 aliphatic rings. The molecule has 1 fully saturated rings. The van der Waals surface area contributed by atoms with Gasteiger partial charge in [-0.3, -0.25) is 4.90 Å². The maximum Gasteiger partial charge on any atom is 0.104 e. The molecule has 19 heavy (non-hydrogen) atoms. The lowest BCUT2D eigenvalue weighted by Gasteiger charge is -2.35. The molecule has 0 radical (unpaired) electrons. The Bertz CT molecular complexity index is 439. The Morgan fingerprint density at radius 3 is 2.63 bits per heavy atom. The van der Waals surface area contributed by atoms with E-state index < -0.39 is 0 Å². The van der Waals surface area contributed by atoms with Gasteiger partial charge in [0.2, 0.25) is 0 Å². The highest BCUT2D eigenvalue weighted by molar-refractivity contribution is 7.80. The van der Waals surface area contributed by atoms with Gasteiger partial charge >= 0.3 is 0 Å². The van der Waals surface area contributed by atoms with Gasteiger partial charge in [0.05, 0.1) is 0 Å². The largest absolute Gasteiger partial charge is 0.389 e. The van der Waals surface area contributed by atoms with Crippen LogP contribution in [0.15, 0.2) is 24.3 Å². The number of rotatable bonds is 4. The highest BCUT2D eigenvalue weighted by Crippen LogP contribution is 2.18. The number of piperidine rings is 1. The monoisotopic (exact) mass is 277 g/mol. The fourth-order valence-electron chi connectivity index (χ4n) is 2.73. The second-order valence-corrected chi connectivity index (χ2v) is 5.91. The number of hydrogen-bond donors (Lipinski definition) is 1. The summed E-state index contributed by atoms with van der Waals surface area (Å²) >= 11 is 5.13. The number of nitrogens with zero attached hydrogens (tertiary/aromatic N) is 2. The van der Waals surface area contributed by atoms with E-state index in [1.807, 2.05) is 12.1 Å². The van der Waals surface area contributed by atoms with Crippen LogP contribution in [0, 0.1) is 0 Å². The molecule has 0 amide bonds. The van der Waals surface area contributed by atoms with Crippen molar-refractivity contribution in [3.05, 3.63) is 35.4 Å². The molecule has 2 N–H and O–H groups in total. The first-order valence-corrected chi connectivity index (χ1v) is 7.25. The maximum atomic E-state index is 5.79. The molecule has 0 atom stereocenters. The summed E-state index contributed by atoms with van der Waals surface area (Å²) in [5.74, 6) is 0. The van der Waals surface area contributed by atoms with E-state index in [-0.39, 0.29) is 0 Å². The molecule has 0 aromatic heterocycles. The van der Waals surface area contributed by atoms with Crippen LogP contribution >= 0.6 is 12.2 Å². The molecular formula is C15H23N3S. The van der Waals surface area contributed by atoms with Crippen molar-refractivity contribution in [2.75, 3.05) is 27.2 Å². The lowest BCUT2D eigenvalue weighted by molar-refractivity contribution is 0.139. The first-order valence-electron chi connectivity index (χ1n) is 6.84. The van der Waals surface area contributed by atoms with Crippen LogP contribution in [-0.4, -0.2) is 48.0 Å². The van der Waals surface area contributed by atoms with Gasteiger partial charge in [-0.05, 0) is 45.6 Å². The molecule has 0 spiro atoms. The highest BCUT2D eigenvalue weighted by atomic mass is 32.1. The van der Waals surface area contributed by atoms with Crippen molar-refractivity contribution in [3.8, 4) is 0 Å². The molecule has 1 aliphatic heterocycles. The van der Waals surface area contributed by atoms with Gasteiger partial charge in [0, 0.05) is 18.2 Å². The molecule has 2 rings (SSSR count). The molecule has 1 aromatic rings. The molecule has 1 heterocycles. The summed E-state index contributed by atoms with van der Waals surface area (Å²) in [7, 11) is 4.39. The van der Waals surface area contributed by atoms with Gasteiger partial charge in [-0.25, -0.2) is 0 Å². The fourth-order valence-corrected chi connectivity index (χ4v) is 2.93. The van der Waals surface area contributed by atoms with E-state index in [0.29, 0.717) is 11.0 Å². The van der Waals surface area contributed by atoms with Gasteiger partial charge in [-0.15, -0.1) is 0 Å². The van der Waals surface area contributed by atoms with E-state index in [9.17, 15) is 0 Å². The van der Waals surface area contributed by atoms with Gasteiger partial charge in [0.25, 0.3) is 0 Å². The number of nitrogens with two attached hydrogens (primary N) is 1. The van der Waals surface area contributed by atoms with E-state index in [1.165, 1.54) is 31.5 Å². The average Bonchev–Trinajstić information content (AvgIpc) is 2.39. The second kappa shape index (κ2) is 6.46. The van der Waals surface area contributed by atoms with Crippen LogP contribution in [0.2, 0.25) is 0 Å². The Morgan fingerprint density at radius 1 is 1.37 bits per heavy atom. The van der Waals surface area contributed by atoms with E-state index in [0.717, 1.165) is 12.1 Å². The summed E-state index contributed by atoms with van der Waals surface area (Å²) in [6, 6.07) is 8.85. The quantitative estimate of drug-likeness (QED) is 0.851. The molecule has 3 nitrogen and oxygen atoms in total. The van der Waals surface area contributed by atoms with Crippen molar-refractivity contribution in [1.29, 1.82) is 0 Å². The summed E-state index contributed by atoms with van der Waals surface area (Å²) in [6.07, 6.45) is 2.48. The summed E-state index contributed by atoms with van der Waals surface area (Å²) in [6.45, 7) is 3.29. The van der Waals surface area contributed by atoms with Crippen LogP contribution in [0.5, 0.6) is 0 Å². The second-order valence-electron chi connectivity index (χ2n) is 5.47. The summed E-state index contributed by atoms with van der Waals surface area (Å²) in [5, 5.41) is 0. The fraction of sp³-hybridized carbons (Fsp3) is 0.533. The minimum atomic E-state index is 0.493. The molecule has 1 aromatic carbocycles. The van der Waals surface area contributed by atoms with Crippen LogP contribution < -0.4 is 5.73 Å². The Balaban J connectivity index is 2.02. The summed E-state index contributed by atoms with van der Waals surface area (Å²) in [4.78, 5) is 5.32. The van der Waals surface area contributed by atoms with Gasteiger partial charge < -0.3 is 10.6 Å². The Hall–Kier alpha value is -0.970. The zero-order valence-electron chi connectivity index (χ0n) is 11.8. The highest BCUT2D eigenvalue weighted by Gasteiger charge is 2.21. The van der Waals surface area contributed by atoms with E-state index in [2.05, 4.69) is 36.0 Å². The first-order chi connectivity index (χ1) is 9.08. The summed E-state index contributed by atoms with van der Waals surface area (Å²) in [5.41, 5.74) is 8.04. The lowest BCUT2D eigenvalue weighted by Crippen LogP contribution is -2.41. The normalized spacial score (nSPS) is 17.8. The SMILES string of the molecule is CN1CCC(N(C)Cc2ccccc2C(N)=S)CC1. The Morgan fingerprint density at radius 2 is 2.00 bits per heavy atom. The minimum absolute atomic E-state index is 0.493. The van der Waals surface area contributed by atoms with E-state index in [1.54, 1.807) is 0 Å². The Labute approximate surface area is 121 Å². The van der Waals surface area contributed by atoms with Crippen molar-refractivity contribution in [3.63, 3.8) is 0 Å². The smallest absolute Gasteiger partial charge is 0.104 e. The van der Waals surface area contributed by atoms with Crippen molar-refractivity contribution < 1.29 is 0 Å². The van der Waals surface area contributed by atoms with Crippen LogP contribution in [0.25, 0.3) is 0 Å². The number of thiocarbonyl (C=S) groups is 1. The molecule has 0 bridgehead atoms. The van der Waals surface area contributed by atoms with Crippen LogP contribution in [0.1, 0.15) is 24.0 Å². The molecule has 4 heteroatoms.